The molecule has 0 spiro atoms. The van der Waals surface area contributed by atoms with Gasteiger partial charge < -0.3 is 10.4 Å². The Bertz CT molecular complexity index is 581. The summed E-state index contributed by atoms with van der Waals surface area (Å²) in [6.45, 7) is 1.92. The van der Waals surface area contributed by atoms with E-state index >= 15 is 0 Å². The van der Waals surface area contributed by atoms with Crippen molar-refractivity contribution in [1.29, 1.82) is 0 Å². The highest BCUT2D eigenvalue weighted by molar-refractivity contribution is 6.35. The summed E-state index contributed by atoms with van der Waals surface area (Å²) in [5.41, 5.74) is 1.52. The molecule has 0 aromatic heterocycles. The molecule has 100 valence electrons. The second kappa shape index (κ2) is 5.68. The topological polar surface area (TPSA) is 32.3 Å². The van der Waals surface area contributed by atoms with Crippen molar-refractivity contribution in [3.8, 4) is 5.75 Å². The minimum atomic E-state index is -0.626. The predicted molar refractivity (Wildman–Crippen MR) is 76.6 cm³/mol. The first-order valence-electron chi connectivity index (χ1n) is 5.67. The summed E-state index contributed by atoms with van der Waals surface area (Å²) >= 11 is 11.5. The third-order valence-corrected chi connectivity index (χ3v) is 3.29. The lowest BCUT2D eigenvalue weighted by Crippen LogP contribution is -2.06. The molecule has 0 radical (unpaired) electrons. The van der Waals surface area contributed by atoms with Crippen LogP contribution in [0.5, 0.6) is 5.75 Å². The molecule has 0 saturated heterocycles. The van der Waals surface area contributed by atoms with Crippen LogP contribution < -0.4 is 5.32 Å². The number of rotatable bonds is 3. The molecule has 0 fully saturated rings. The van der Waals surface area contributed by atoms with Crippen LogP contribution in [0.15, 0.2) is 36.4 Å². The van der Waals surface area contributed by atoms with Gasteiger partial charge in [-0.3, -0.25) is 0 Å². The number of nitrogens with one attached hydrogen (secondary N) is 1. The van der Waals surface area contributed by atoms with Gasteiger partial charge in [-0.25, -0.2) is 4.39 Å². The lowest BCUT2D eigenvalue weighted by Gasteiger charge is -2.16. The molecule has 0 aliphatic carbocycles. The molecule has 19 heavy (non-hydrogen) atoms. The van der Waals surface area contributed by atoms with Crippen molar-refractivity contribution in [2.75, 3.05) is 5.32 Å². The highest BCUT2D eigenvalue weighted by Gasteiger charge is 2.10. The van der Waals surface area contributed by atoms with Crippen LogP contribution in [0.2, 0.25) is 10.0 Å². The summed E-state index contributed by atoms with van der Waals surface area (Å²) in [6, 6.07) is 9.76. The number of phenolic OH excluding ortho intramolecular Hbond substituents is 1. The van der Waals surface area contributed by atoms with Crippen LogP contribution >= 0.6 is 23.2 Å². The Hall–Kier alpha value is -1.45. The molecule has 2 aromatic carbocycles. The standard InChI is InChI=1S/C14H12Cl2FNO/c1-8(9-3-2-4-11(19)5-9)18-10-6-12(15)14(17)13(16)7-10/h2-8,18-19H,1H3. The van der Waals surface area contributed by atoms with E-state index < -0.39 is 5.82 Å². The predicted octanol–water partition coefficient (Wildman–Crippen LogP) is 5.01. The normalized spacial score (nSPS) is 12.2. The lowest BCUT2D eigenvalue weighted by molar-refractivity contribution is 0.474. The fourth-order valence-corrected chi connectivity index (χ4v) is 2.25. The zero-order valence-corrected chi connectivity index (χ0v) is 11.6. The fraction of sp³-hybridized carbons (Fsp3) is 0.143. The SMILES string of the molecule is CC(Nc1cc(Cl)c(F)c(Cl)c1)c1cccc(O)c1. The van der Waals surface area contributed by atoms with E-state index in [1.165, 1.54) is 12.1 Å². The molecule has 2 nitrogen and oxygen atoms in total. The zero-order chi connectivity index (χ0) is 14.0. The van der Waals surface area contributed by atoms with Gasteiger partial charge in [0.25, 0.3) is 0 Å². The van der Waals surface area contributed by atoms with E-state index in [2.05, 4.69) is 5.32 Å². The molecule has 2 rings (SSSR count). The maximum absolute atomic E-state index is 13.3. The van der Waals surface area contributed by atoms with Gasteiger partial charge in [-0.1, -0.05) is 35.3 Å². The van der Waals surface area contributed by atoms with E-state index in [1.54, 1.807) is 18.2 Å². The highest BCUT2D eigenvalue weighted by Crippen LogP contribution is 2.29. The zero-order valence-electron chi connectivity index (χ0n) is 10.1. The molecule has 2 aromatic rings. The molecule has 0 aliphatic heterocycles. The van der Waals surface area contributed by atoms with Crippen molar-refractivity contribution >= 4 is 28.9 Å². The second-order valence-electron chi connectivity index (χ2n) is 4.21. The number of benzene rings is 2. The minimum absolute atomic E-state index is 0.0295. The van der Waals surface area contributed by atoms with Gasteiger partial charge in [0.2, 0.25) is 0 Å². The second-order valence-corrected chi connectivity index (χ2v) is 5.03. The molecule has 0 heterocycles. The van der Waals surface area contributed by atoms with Gasteiger partial charge in [0.1, 0.15) is 5.75 Å². The highest BCUT2D eigenvalue weighted by atomic mass is 35.5. The lowest BCUT2D eigenvalue weighted by atomic mass is 10.1. The van der Waals surface area contributed by atoms with Gasteiger partial charge in [0.15, 0.2) is 5.82 Å². The molecular formula is C14H12Cl2FNO. The van der Waals surface area contributed by atoms with Gasteiger partial charge in [-0.2, -0.15) is 0 Å². The number of aromatic hydroxyl groups is 1. The summed E-state index contributed by atoms with van der Waals surface area (Å²) in [7, 11) is 0. The first-order chi connectivity index (χ1) is 8.97. The smallest absolute Gasteiger partial charge is 0.160 e. The minimum Gasteiger partial charge on any atom is -0.508 e. The summed E-state index contributed by atoms with van der Waals surface area (Å²) < 4.78 is 13.3. The van der Waals surface area contributed by atoms with Crippen molar-refractivity contribution in [3.63, 3.8) is 0 Å². The van der Waals surface area contributed by atoms with Gasteiger partial charge in [0.05, 0.1) is 10.0 Å². The quantitative estimate of drug-likeness (QED) is 0.781. The molecule has 0 saturated carbocycles. The molecule has 2 N–H and O–H groups in total. The van der Waals surface area contributed by atoms with Gasteiger partial charge >= 0.3 is 0 Å². The Morgan fingerprint density at radius 3 is 2.37 bits per heavy atom. The Morgan fingerprint density at radius 2 is 1.79 bits per heavy atom. The molecule has 0 amide bonds. The maximum Gasteiger partial charge on any atom is 0.160 e. The van der Waals surface area contributed by atoms with E-state index in [9.17, 15) is 9.50 Å². The number of hydrogen-bond donors (Lipinski definition) is 2. The Balaban J connectivity index is 2.21. The van der Waals surface area contributed by atoms with Crippen molar-refractivity contribution in [2.45, 2.75) is 13.0 Å². The van der Waals surface area contributed by atoms with E-state index in [0.717, 1.165) is 5.56 Å². The maximum atomic E-state index is 13.3. The van der Waals surface area contributed by atoms with Gasteiger partial charge in [-0.05, 0) is 36.8 Å². The number of phenols is 1. The third kappa shape index (κ3) is 3.31. The number of anilines is 1. The first-order valence-corrected chi connectivity index (χ1v) is 6.43. The van der Waals surface area contributed by atoms with E-state index in [0.29, 0.717) is 5.69 Å². The van der Waals surface area contributed by atoms with Crippen LogP contribution in [0.1, 0.15) is 18.5 Å². The van der Waals surface area contributed by atoms with Crippen LogP contribution in [0.3, 0.4) is 0 Å². The fourth-order valence-electron chi connectivity index (χ4n) is 1.77. The monoisotopic (exact) mass is 299 g/mol. The van der Waals surface area contributed by atoms with Crippen molar-refractivity contribution in [1.82, 2.24) is 0 Å². The number of halogens is 3. The van der Waals surface area contributed by atoms with Crippen LogP contribution in [-0.4, -0.2) is 5.11 Å². The Morgan fingerprint density at radius 1 is 1.16 bits per heavy atom. The summed E-state index contributed by atoms with van der Waals surface area (Å²) in [5, 5.41) is 12.5. The summed E-state index contributed by atoms with van der Waals surface area (Å²) in [6.07, 6.45) is 0. The average molecular weight is 300 g/mol. The van der Waals surface area contributed by atoms with Crippen LogP contribution in [0.25, 0.3) is 0 Å². The Labute approximate surface area is 120 Å². The van der Waals surface area contributed by atoms with Crippen LogP contribution in [0.4, 0.5) is 10.1 Å². The largest absolute Gasteiger partial charge is 0.508 e. The number of hydrogen-bond acceptors (Lipinski definition) is 2. The average Bonchev–Trinajstić information content (AvgIpc) is 2.36. The van der Waals surface area contributed by atoms with E-state index in [4.69, 9.17) is 23.2 Å². The van der Waals surface area contributed by atoms with Gasteiger partial charge in [0, 0.05) is 11.7 Å². The van der Waals surface area contributed by atoms with E-state index in [1.807, 2.05) is 13.0 Å². The van der Waals surface area contributed by atoms with Crippen LogP contribution in [-0.2, 0) is 0 Å². The molecular weight excluding hydrogens is 288 g/mol. The van der Waals surface area contributed by atoms with Crippen LogP contribution in [0, 0.1) is 5.82 Å². The van der Waals surface area contributed by atoms with Crippen molar-refractivity contribution < 1.29 is 9.50 Å². The molecule has 1 atom stereocenters. The van der Waals surface area contributed by atoms with Crippen molar-refractivity contribution in [3.05, 3.63) is 57.8 Å². The third-order valence-electron chi connectivity index (χ3n) is 2.74. The summed E-state index contributed by atoms with van der Waals surface area (Å²) in [4.78, 5) is 0. The summed E-state index contributed by atoms with van der Waals surface area (Å²) in [5.74, 6) is -0.430. The molecule has 1 unspecified atom stereocenters. The molecule has 5 heteroatoms. The Kier molecular flexibility index (Phi) is 4.17. The first kappa shape index (κ1) is 14.0. The van der Waals surface area contributed by atoms with Gasteiger partial charge in [-0.15, -0.1) is 0 Å². The molecule has 0 aliphatic rings. The van der Waals surface area contributed by atoms with Crippen molar-refractivity contribution in [2.24, 2.45) is 0 Å². The van der Waals surface area contributed by atoms with E-state index in [-0.39, 0.29) is 21.8 Å². The molecule has 0 bridgehead atoms.